The van der Waals surface area contributed by atoms with E-state index in [9.17, 15) is 4.79 Å². The molecule has 1 saturated heterocycles. The van der Waals surface area contributed by atoms with Gasteiger partial charge in [0, 0.05) is 43.7 Å². The fraction of sp³-hybridized carbons (Fsp3) is 0.444. The molecule has 2 heterocycles. The van der Waals surface area contributed by atoms with Gasteiger partial charge in [-0.1, -0.05) is 30.3 Å². The van der Waals surface area contributed by atoms with Crippen molar-refractivity contribution in [1.29, 1.82) is 0 Å². The number of carbonyl (C=O) groups is 1. The van der Waals surface area contributed by atoms with Gasteiger partial charge in [0.1, 0.15) is 0 Å². The van der Waals surface area contributed by atoms with E-state index in [1.54, 1.807) is 11.3 Å². The number of aryl methyl sites for hydroxylation is 1. The molecule has 0 saturated carbocycles. The Bertz CT molecular complexity index is 673. The van der Waals surface area contributed by atoms with Crippen molar-refractivity contribution in [1.82, 2.24) is 20.1 Å². The van der Waals surface area contributed by atoms with Crippen molar-refractivity contribution >= 4 is 17.4 Å². The highest BCUT2D eigenvalue weighted by Gasteiger charge is 2.29. The van der Waals surface area contributed by atoms with Gasteiger partial charge in [0.2, 0.25) is 0 Å². The minimum atomic E-state index is 0.0187. The quantitative estimate of drug-likeness (QED) is 0.928. The second kappa shape index (κ2) is 7.77. The molecular weight excluding hydrogens is 320 g/mol. The molecular formula is C18H24N4OS. The SMILES string of the molecule is Cc1cnc(CCNC(=O)N2CCN(C)C[C@H]2c2ccccc2)s1. The van der Waals surface area contributed by atoms with Gasteiger partial charge in [-0.15, -0.1) is 11.3 Å². The maximum atomic E-state index is 12.7. The molecule has 0 bridgehead atoms. The molecule has 24 heavy (non-hydrogen) atoms. The molecule has 3 rings (SSSR count). The molecule has 1 aliphatic rings. The van der Waals surface area contributed by atoms with Crippen molar-refractivity contribution < 1.29 is 4.79 Å². The van der Waals surface area contributed by atoms with E-state index >= 15 is 0 Å². The van der Waals surface area contributed by atoms with Crippen LogP contribution in [-0.4, -0.2) is 54.0 Å². The van der Waals surface area contributed by atoms with E-state index in [0.717, 1.165) is 31.1 Å². The molecule has 0 aliphatic carbocycles. The lowest BCUT2D eigenvalue weighted by Crippen LogP contribution is -2.52. The molecule has 1 atom stereocenters. The third kappa shape index (κ3) is 4.13. The van der Waals surface area contributed by atoms with Gasteiger partial charge < -0.3 is 15.1 Å². The fourth-order valence-corrected chi connectivity index (χ4v) is 3.80. The predicted octanol–water partition coefficient (Wildman–Crippen LogP) is 2.69. The van der Waals surface area contributed by atoms with Gasteiger partial charge in [-0.2, -0.15) is 0 Å². The monoisotopic (exact) mass is 344 g/mol. The predicted molar refractivity (Wildman–Crippen MR) is 97.3 cm³/mol. The van der Waals surface area contributed by atoms with Gasteiger partial charge in [-0.25, -0.2) is 9.78 Å². The number of amides is 2. The Balaban J connectivity index is 1.61. The lowest BCUT2D eigenvalue weighted by molar-refractivity contribution is 0.109. The number of hydrogen-bond donors (Lipinski definition) is 1. The molecule has 1 N–H and O–H groups in total. The number of aromatic nitrogens is 1. The Morgan fingerprint density at radius 1 is 1.33 bits per heavy atom. The van der Waals surface area contributed by atoms with Crippen LogP contribution >= 0.6 is 11.3 Å². The van der Waals surface area contributed by atoms with Crippen molar-refractivity contribution in [2.24, 2.45) is 0 Å². The number of rotatable bonds is 4. The zero-order valence-electron chi connectivity index (χ0n) is 14.2. The molecule has 1 aliphatic heterocycles. The summed E-state index contributed by atoms with van der Waals surface area (Å²) < 4.78 is 0. The first-order chi connectivity index (χ1) is 11.6. The Morgan fingerprint density at radius 3 is 2.83 bits per heavy atom. The number of nitrogens with one attached hydrogen (secondary N) is 1. The van der Waals surface area contributed by atoms with Gasteiger partial charge in [0.05, 0.1) is 11.0 Å². The van der Waals surface area contributed by atoms with Crippen LogP contribution in [0.4, 0.5) is 4.79 Å². The molecule has 128 valence electrons. The summed E-state index contributed by atoms with van der Waals surface area (Å²) >= 11 is 1.69. The van der Waals surface area contributed by atoms with Crippen LogP contribution in [0.25, 0.3) is 0 Å². The molecule has 0 unspecified atom stereocenters. The van der Waals surface area contributed by atoms with Gasteiger partial charge >= 0.3 is 6.03 Å². The molecule has 2 amide bonds. The van der Waals surface area contributed by atoms with E-state index < -0.39 is 0 Å². The number of urea groups is 1. The molecule has 1 aromatic heterocycles. The zero-order valence-corrected chi connectivity index (χ0v) is 15.1. The molecule has 6 heteroatoms. The Labute approximate surface area is 147 Å². The summed E-state index contributed by atoms with van der Waals surface area (Å²) in [6, 6.07) is 10.4. The standard InChI is InChI=1S/C18H24N4OS/c1-14-12-20-17(24-14)8-9-19-18(23)22-11-10-21(2)13-16(22)15-6-4-3-5-7-15/h3-7,12,16H,8-11,13H2,1-2H3,(H,19,23)/t16-/m0/s1. The first kappa shape index (κ1) is 16.9. The van der Waals surface area contributed by atoms with Crippen LogP contribution in [-0.2, 0) is 6.42 Å². The van der Waals surface area contributed by atoms with Crippen molar-refractivity contribution in [3.63, 3.8) is 0 Å². The molecule has 0 spiro atoms. The second-order valence-corrected chi connectivity index (χ2v) is 7.55. The van der Waals surface area contributed by atoms with Crippen LogP contribution in [0.1, 0.15) is 21.5 Å². The van der Waals surface area contributed by atoms with E-state index in [-0.39, 0.29) is 12.1 Å². The molecule has 2 aromatic rings. The largest absolute Gasteiger partial charge is 0.338 e. The first-order valence-electron chi connectivity index (χ1n) is 8.33. The third-order valence-corrected chi connectivity index (χ3v) is 5.29. The number of carbonyl (C=O) groups excluding carboxylic acids is 1. The van der Waals surface area contributed by atoms with Crippen LogP contribution < -0.4 is 5.32 Å². The molecule has 1 aromatic carbocycles. The van der Waals surface area contributed by atoms with Crippen LogP contribution in [0.3, 0.4) is 0 Å². The Morgan fingerprint density at radius 2 is 2.12 bits per heavy atom. The van der Waals surface area contributed by atoms with Crippen molar-refractivity contribution in [3.8, 4) is 0 Å². The maximum absolute atomic E-state index is 12.7. The summed E-state index contributed by atoms with van der Waals surface area (Å²) in [6.45, 7) is 5.19. The number of hydrogen-bond acceptors (Lipinski definition) is 4. The summed E-state index contributed by atoms with van der Waals surface area (Å²) in [5.41, 5.74) is 1.19. The Kier molecular flexibility index (Phi) is 5.48. The number of likely N-dealkylation sites (N-methyl/N-ethyl adjacent to an activating group) is 1. The van der Waals surface area contributed by atoms with E-state index in [2.05, 4.69) is 41.3 Å². The summed E-state index contributed by atoms with van der Waals surface area (Å²) in [7, 11) is 2.11. The highest BCUT2D eigenvalue weighted by Crippen LogP contribution is 2.24. The topological polar surface area (TPSA) is 48.5 Å². The van der Waals surface area contributed by atoms with Crippen molar-refractivity contribution in [3.05, 3.63) is 52.0 Å². The molecule has 1 fully saturated rings. The smallest absolute Gasteiger partial charge is 0.318 e. The van der Waals surface area contributed by atoms with Gasteiger partial charge in [0.15, 0.2) is 0 Å². The van der Waals surface area contributed by atoms with Gasteiger partial charge in [0.25, 0.3) is 0 Å². The average molecular weight is 344 g/mol. The van der Waals surface area contributed by atoms with E-state index in [1.807, 2.05) is 29.3 Å². The van der Waals surface area contributed by atoms with Gasteiger partial charge in [-0.3, -0.25) is 0 Å². The minimum Gasteiger partial charge on any atom is -0.338 e. The normalized spacial score (nSPS) is 18.6. The van der Waals surface area contributed by atoms with Crippen LogP contribution in [0.15, 0.2) is 36.5 Å². The minimum absolute atomic E-state index is 0.0187. The number of benzene rings is 1. The summed E-state index contributed by atoms with van der Waals surface area (Å²) in [6.07, 6.45) is 2.67. The molecule has 5 nitrogen and oxygen atoms in total. The van der Waals surface area contributed by atoms with Crippen LogP contribution in [0.2, 0.25) is 0 Å². The summed E-state index contributed by atoms with van der Waals surface area (Å²) in [5.74, 6) is 0. The summed E-state index contributed by atoms with van der Waals surface area (Å²) in [5, 5.41) is 4.13. The van der Waals surface area contributed by atoms with Crippen LogP contribution in [0, 0.1) is 6.92 Å². The lowest BCUT2D eigenvalue weighted by Gasteiger charge is -2.40. The fourth-order valence-electron chi connectivity index (χ4n) is 3.02. The second-order valence-electron chi connectivity index (χ2n) is 6.23. The van der Waals surface area contributed by atoms with Gasteiger partial charge in [-0.05, 0) is 19.5 Å². The number of thiazole rings is 1. The third-order valence-electron chi connectivity index (χ3n) is 4.31. The lowest BCUT2D eigenvalue weighted by atomic mass is 10.0. The van der Waals surface area contributed by atoms with Crippen LogP contribution in [0.5, 0.6) is 0 Å². The number of nitrogens with zero attached hydrogens (tertiary/aromatic N) is 3. The average Bonchev–Trinajstić information content (AvgIpc) is 3.01. The van der Waals surface area contributed by atoms with Crippen molar-refractivity contribution in [2.75, 3.05) is 33.2 Å². The maximum Gasteiger partial charge on any atom is 0.318 e. The van der Waals surface area contributed by atoms with Crippen molar-refractivity contribution in [2.45, 2.75) is 19.4 Å². The first-order valence-corrected chi connectivity index (χ1v) is 9.14. The molecule has 0 radical (unpaired) electrons. The number of piperazine rings is 1. The summed E-state index contributed by atoms with van der Waals surface area (Å²) in [4.78, 5) is 22.5. The van der Waals surface area contributed by atoms with E-state index in [0.29, 0.717) is 6.54 Å². The zero-order chi connectivity index (χ0) is 16.9. The van der Waals surface area contributed by atoms with E-state index in [4.69, 9.17) is 0 Å². The highest BCUT2D eigenvalue weighted by atomic mass is 32.1. The Hall–Kier alpha value is -1.92. The van der Waals surface area contributed by atoms with E-state index in [1.165, 1.54) is 10.4 Å². The highest BCUT2D eigenvalue weighted by molar-refractivity contribution is 7.11.